The van der Waals surface area contributed by atoms with Crippen molar-refractivity contribution in [1.29, 1.82) is 0 Å². The van der Waals surface area contributed by atoms with E-state index in [1.165, 1.54) is 6.92 Å². The van der Waals surface area contributed by atoms with Gasteiger partial charge in [-0.25, -0.2) is 17.6 Å². The molecule has 0 amide bonds. The van der Waals surface area contributed by atoms with Gasteiger partial charge in [0.1, 0.15) is 6.17 Å². The minimum Gasteiger partial charge on any atom is -0.288 e. The highest BCUT2D eigenvalue weighted by Gasteiger charge is 2.32. The van der Waals surface area contributed by atoms with Crippen molar-refractivity contribution in [1.82, 2.24) is 0 Å². The summed E-state index contributed by atoms with van der Waals surface area (Å²) in [5.74, 6) is -3.15. The van der Waals surface area contributed by atoms with Crippen LogP contribution in [-0.4, -0.2) is 29.6 Å². The van der Waals surface area contributed by atoms with Crippen LogP contribution in [0.2, 0.25) is 0 Å². The summed E-state index contributed by atoms with van der Waals surface area (Å²) in [6, 6.07) is 0. The first kappa shape index (κ1) is 14.7. The van der Waals surface area contributed by atoms with E-state index in [9.17, 15) is 22.4 Å². The Labute approximate surface area is 90.6 Å². The zero-order valence-electron chi connectivity index (χ0n) is 8.44. The lowest BCUT2D eigenvalue weighted by Crippen LogP contribution is -2.24. The second kappa shape index (κ2) is 7.09. The van der Waals surface area contributed by atoms with Gasteiger partial charge in [-0.3, -0.25) is 4.79 Å². The molecule has 6 heteroatoms. The van der Waals surface area contributed by atoms with Crippen LogP contribution in [-0.2, 0) is 4.79 Å². The van der Waals surface area contributed by atoms with Gasteiger partial charge in [0, 0.05) is 19.1 Å². The first-order chi connectivity index (χ1) is 6.87. The fourth-order valence-corrected chi connectivity index (χ4v) is 1.60. The van der Waals surface area contributed by atoms with Crippen LogP contribution in [0.3, 0.4) is 0 Å². The highest BCUT2D eigenvalue weighted by molar-refractivity contribution is 8.13. The molecule has 0 saturated heterocycles. The van der Waals surface area contributed by atoms with Gasteiger partial charge in [-0.05, 0) is 12.8 Å². The average molecular weight is 246 g/mol. The first-order valence-corrected chi connectivity index (χ1v) is 5.57. The van der Waals surface area contributed by atoms with Gasteiger partial charge in [0.25, 0.3) is 5.92 Å². The van der Waals surface area contributed by atoms with Gasteiger partial charge in [0.05, 0.1) is 0 Å². The Hall–Kier alpha value is -0.260. The Balaban J connectivity index is 3.57. The normalized spacial score (nSPS) is 13.9. The molecule has 0 aromatic rings. The molecule has 0 heterocycles. The molecule has 15 heavy (non-hydrogen) atoms. The Morgan fingerprint density at radius 1 is 1.47 bits per heavy atom. The maximum absolute atomic E-state index is 12.9. The van der Waals surface area contributed by atoms with Crippen molar-refractivity contribution in [2.24, 2.45) is 0 Å². The minimum absolute atomic E-state index is 0.0597. The second-order valence-electron chi connectivity index (χ2n) is 3.27. The Kier molecular flexibility index (Phi) is 6.96. The van der Waals surface area contributed by atoms with Crippen molar-refractivity contribution in [2.75, 3.05) is 12.4 Å². The largest absolute Gasteiger partial charge is 0.288 e. The number of thioether (sulfide) groups is 1. The van der Waals surface area contributed by atoms with E-state index in [0.29, 0.717) is 12.2 Å². The smallest absolute Gasteiger partial charge is 0.278 e. The highest BCUT2D eigenvalue weighted by Crippen LogP contribution is 2.24. The Morgan fingerprint density at radius 2 is 2.07 bits per heavy atom. The molecule has 0 fully saturated rings. The van der Waals surface area contributed by atoms with Crippen LogP contribution in [0.4, 0.5) is 17.6 Å². The van der Waals surface area contributed by atoms with Crippen LogP contribution < -0.4 is 0 Å². The van der Waals surface area contributed by atoms with E-state index in [2.05, 4.69) is 0 Å². The van der Waals surface area contributed by atoms with Crippen molar-refractivity contribution >= 4 is 16.9 Å². The SMILES string of the molecule is CC(=O)SCCCC(F)CC(F)(F)CF. The van der Waals surface area contributed by atoms with E-state index < -0.39 is 25.2 Å². The summed E-state index contributed by atoms with van der Waals surface area (Å²) in [5.41, 5.74) is 0. The molecule has 0 N–H and O–H groups in total. The first-order valence-electron chi connectivity index (χ1n) is 4.58. The number of rotatable bonds is 7. The summed E-state index contributed by atoms with van der Waals surface area (Å²) < 4.78 is 49.3. The quantitative estimate of drug-likeness (QED) is 0.506. The molecule has 0 saturated carbocycles. The van der Waals surface area contributed by atoms with Gasteiger partial charge in [0.2, 0.25) is 0 Å². The molecule has 0 aromatic heterocycles. The van der Waals surface area contributed by atoms with Crippen LogP contribution >= 0.6 is 11.8 Å². The summed E-state index contributed by atoms with van der Waals surface area (Å²) >= 11 is 1.03. The molecule has 0 rings (SSSR count). The predicted molar refractivity (Wildman–Crippen MR) is 52.8 cm³/mol. The van der Waals surface area contributed by atoms with Crippen molar-refractivity contribution in [3.8, 4) is 0 Å². The van der Waals surface area contributed by atoms with Crippen molar-refractivity contribution in [3.63, 3.8) is 0 Å². The minimum atomic E-state index is -3.56. The van der Waals surface area contributed by atoms with Gasteiger partial charge in [0.15, 0.2) is 11.8 Å². The number of alkyl halides is 4. The molecule has 0 bridgehead atoms. The van der Waals surface area contributed by atoms with Crippen molar-refractivity contribution < 1.29 is 22.4 Å². The van der Waals surface area contributed by atoms with Crippen LogP contribution in [0.5, 0.6) is 0 Å². The van der Waals surface area contributed by atoms with E-state index in [-0.39, 0.29) is 11.5 Å². The van der Waals surface area contributed by atoms with Gasteiger partial charge in [-0.2, -0.15) is 0 Å². The zero-order chi connectivity index (χ0) is 11.9. The molecule has 0 spiro atoms. The summed E-state index contributed by atoms with van der Waals surface area (Å²) in [5, 5.41) is -0.0838. The van der Waals surface area contributed by atoms with Gasteiger partial charge >= 0.3 is 0 Å². The average Bonchev–Trinajstić information content (AvgIpc) is 2.11. The van der Waals surface area contributed by atoms with E-state index in [0.717, 1.165) is 11.8 Å². The molecular weight excluding hydrogens is 232 g/mol. The van der Waals surface area contributed by atoms with E-state index in [1.807, 2.05) is 0 Å². The number of hydrogen-bond acceptors (Lipinski definition) is 2. The summed E-state index contributed by atoms with van der Waals surface area (Å²) in [6.45, 7) is -0.440. The molecule has 1 atom stereocenters. The molecule has 0 aliphatic carbocycles. The van der Waals surface area contributed by atoms with Crippen molar-refractivity contribution in [3.05, 3.63) is 0 Å². The lowest BCUT2D eigenvalue weighted by molar-refractivity contribution is -0.109. The summed E-state index contributed by atoms with van der Waals surface area (Å²) in [7, 11) is 0. The second-order valence-corrected chi connectivity index (χ2v) is 4.55. The van der Waals surface area contributed by atoms with Crippen LogP contribution in [0.15, 0.2) is 0 Å². The fraction of sp³-hybridized carbons (Fsp3) is 0.889. The molecule has 90 valence electrons. The molecule has 0 radical (unpaired) electrons. The standard InChI is InChI=1S/C9H14F4OS/c1-7(14)15-4-2-3-8(11)5-9(12,13)6-10/h8H,2-6H2,1H3. The molecular formula is C9H14F4OS. The van der Waals surface area contributed by atoms with Crippen molar-refractivity contribution in [2.45, 2.75) is 38.3 Å². The third-order valence-corrected chi connectivity index (χ3v) is 2.58. The molecule has 1 nitrogen and oxygen atoms in total. The molecule has 0 aliphatic rings. The molecule has 0 aliphatic heterocycles. The topological polar surface area (TPSA) is 17.1 Å². The van der Waals surface area contributed by atoms with Crippen LogP contribution in [0, 0.1) is 0 Å². The monoisotopic (exact) mass is 246 g/mol. The third-order valence-electron chi connectivity index (χ3n) is 1.68. The Morgan fingerprint density at radius 3 is 2.53 bits per heavy atom. The van der Waals surface area contributed by atoms with Crippen LogP contribution in [0.1, 0.15) is 26.2 Å². The zero-order valence-corrected chi connectivity index (χ0v) is 9.26. The maximum Gasteiger partial charge on any atom is 0.278 e. The predicted octanol–water partition coefficient (Wildman–Crippen LogP) is 3.38. The lowest BCUT2D eigenvalue weighted by atomic mass is 10.1. The van der Waals surface area contributed by atoms with Gasteiger partial charge in [-0.15, -0.1) is 0 Å². The number of carbonyl (C=O) groups excluding carboxylic acids is 1. The van der Waals surface area contributed by atoms with Crippen LogP contribution in [0.25, 0.3) is 0 Å². The third kappa shape index (κ3) is 8.72. The number of carbonyl (C=O) groups is 1. The maximum atomic E-state index is 12.9. The molecule has 1 unspecified atom stereocenters. The summed E-state index contributed by atoms with van der Waals surface area (Å²) in [6.07, 6.45) is -2.50. The number of halogens is 4. The molecule has 0 aromatic carbocycles. The number of hydrogen-bond donors (Lipinski definition) is 0. The lowest BCUT2D eigenvalue weighted by Gasteiger charge is -2.14. The highest BCUT2D eigenvalue weighted by atomic mass is 32.2. The van der Waals surface area contributed by atoms with Gasteiger partial charge < -0.3 is 0 Å². The van der Waals surface area contributed by atoms with E-state index in [4.69, 9.17) is 0 Å². The Bertz CT molecular complexity index is 199. The fourth-order valence-electron chi connectivity index (χ4n) is 1.00. The van der Waals surface area contributed by atoms with Gasteiger partial charge in [-0.1, -0.05) is 11.8 Å². The summed E-state index contributed by atoms with van der Waals surface area (Å²) in [4.78, 5) is 10.5. The van der Waals surface area contributed by atoms with E-state index >= 15 is 0 Å². The van der Waals surface area contributed by atoms with E-state index in [1.54, 1.807) is 0 Å².